The number of hydrogen-bond donors (Lipinski definition) is 2. The van der Waals surface area contributed by atoms with E-state index in [-0.39, 0.29) is 24.5 Å². The summed E-state index contributed by atoms with van der Waals surface area (Å²) in [5.41, 5.74) is 2.18. The van der Waals surface area contributed by atoms with Gasteiger partial charge >= 0.3 is 6.03 Å². The lowest BCUT2D eigenvalue weighted by molar-refractivity contribution is -0.133. The third-order valence-corrected chi connectivity index (χ3v) is 6.21. The topological polar surface area (TPSA) is 78.9 Å². The van der Waals surface area contributed by atoms with Gasteiger partial charge in [0.2, 0.25) is 0 Å². The van der Waals surface area contributed by atoms with E-state index < -0.39 is 17.7 Å². The van der Waals surface area contributed by atoms with E-state index in [0.717, 1.165) is 28.9 Å². The highest BCUT2D eigenvalue weighted by Gasteiger charge is 2.54. The van der Waals surface area contributed by atoms with Crippen LogP contribution >= 0.6 is 0 Å². The molecule has 2 aromatic rings. The van der Waals surface area contributed by atoms with Gasteiger partial charge in [-0.15, -0.1) is 0 Å². The standard InChI is InChI=1S/C25H30N2O4/c1-24(2,3)18-10-12-20(13-11-18)31-16-19(28)15-27-22(29)25(26-23(27)30)14-6-8-17-7-4-5-9-21(17)25/h4-5,7,9-13,19,28H,6,8,14-16H2,1-3H3,(H,26,30)/t19-,25+/m1/s1. The number of carbonyl (C=O) groups excluding carboxylic acids is 2. The van der Waals surface area contributed by atoms with Crippen molar-refractivity contribution in [1.82, 2.24) is 10.2 Å². The number of aryl methyl sites for hydroxylation is 1. The Balaban J connectivity index is 1.41. The molecule has 31 heavy (non-hydrogen) atoms. The number of fused-ring (bicyclic) bond motifs is 2. The molecule has 2 aromatic carbocycles. The molecule has 0 radical (unpaired) electrons. The fourth-order valence-corrected chi connectivity index (χ4v) is 4.48. The Kier molecular flexibility index (Phi) is 5.52. The maximum atomic E-state index is 13.3. The summed E-state index contributed by atoms with van der Waals surface area (Å²) in [6.45, 7) is 6.32. The molecule has 3 amide bonds. The van der Waals surface area contributed by atoms with Crippen molar-refractivity contribution in [3.8, 4) is 5.75 Å². The number of hydrogen-bond acceptors (Lipinski definition) is 4. The Hall–Kier alpha value is -2.86. The van der Waals surface area contributed by atoms with Gasteiger partial charge in [-0.25, -0.2) is 4.79 Å². The highest BCUT2D eigenvalue weighted by atomic mass is 16.5. The minimum absolute atomic E-state index is 0.00445. The molecule has 4 rings (SSSR count). The lowest BCUT2D eigenvalue weighted by Crippen LogP contribution is -2.47. The van der Waals surface area contributed by atoms with Gasteiger partial charge in [-0.1, -0.05) is 57.2 Å². The van der Waals surface area contributed by atoms with E-state index in [4.69, 9.17) is 4.74 Å². The highest BCUT2D eigenvalue weighted by Crippen LogP contribution is 2.39. The summed E-state index contributed by atoms with van der Waals surface area (Å²) in [6.07, 6.45) is 1.31. The lowest BCUT2D eigenvalue weighted by atomic mass is 9.76. The molecule has 1 fully saturated rings. The lowest BCUT2D eigenvalue weighted by Gasteiger charge is -2.33. The summed E-state index contributed by atoms with van der Waals surface area (Å²) in [5, 5.41) is 13.4. The number of ether oxygens (including phenoxy) is 1. The van der Waals surface area contributed by atoms with Crippen molar-refractivity contribution in [3.05, 3.63) is 65.2 Å². The second-order valence-corrected chi connectivity index (χ2v) is 9.50. The van der Waals surface area contributed by atoms with E-state index in [1.807, 2.05) is 48.5 Å². The number of aliphatic hydroxyl groups excluding tert-OH is 1. The molecule has 1 aliphatic carbocycles. The summed E-state index contributed by atoms with van der Waals surface area (Å²) in [6, 6.07) is 15.0. The van der Waals surface area contributed by atoms with E-state index in [1.165, 1.54) is 5.56 Å². The fourth-order valence-electron chi connectivity index (χ4n) is 4.48. The average Bonchev–Trinajstić information content (AvgIpc) is 2.97. The number of carbonyl (C=O) groups is 2. The SMILES string of the molecule is CC(C)(C)c1ccc(OC[C@H](O)CN2C(=O)N[C@]3(CCCc4ccccc43)C2=O)cc1. The van der Waals surface area contributed by atoms with Crippen LogP contribution in [0.4, 0.5) is 4.79 Å². The van der Waals surface area contributed by atoms with E-state index >= 15 is 0 Å². The third kappa shape index (κ3) is 4.04. The number of nitrogens with zero attached hydrogens (tertiary/aromatic N) is 1. The van der Waals surface area contributed by atoms with Gasteiger partial charge in [-0.05, 0) is 53.5 Å². The first kappa shape index (κ1) is 21.4. The molecule has 6 heteroatoms. The number of urea groups is 1. The molecular formula is C25H30N2O4. The van der Waals surface area contributed by atoms with Gasteiger partial charge in [0.25, 0.3) is 5.91 Å². The molecule has 1 saturated heterocycles. The van der Waals surface area contributed by atoms with Gasteiger partial charge in [0.1, 0.15) is 24.0 Å². The number of aliphatic hydroxyl groups is 1. The number of nitrogens with one attached hydrogen (secondary N) is 1. The summed E-state index contributed by atoms with van der Waals surface area (Å²) in [5.74, 6) is 0.347. The Bertz CT molecular complexity index is 980. The van der Waals surface area contributed by atoms with Crippen LogP contribution in [0.25, 0.3) is 0 Å². The Labute approximate surface area is 183 Å². The van der Waals surface area contributed by atoms with E-state index in [2.05, 4.69) is 26.1 Å². The predicted octanol–water partition coefficient (Wildman–Crippen LogP) is 3.51. The Morgan fingerprint density at radius 2 is 1.84 bits per heavy atom. The third-order valence-electron chi connectivity index (χ3n) is 6.21. The van der Waals surface area contributed by atoms with Gasteiger partial charge in [0, 0.05) is 0 Å². The highest BCUT2D eigenvalue weighted by molar-refractivity contribution is 6.07. The summed E-state index contributed by atoms with van der Waals surface area (Å²) in [7, 11) is 0. The van der Waals surface area contributed by atoms with Crippen molar-refractivity contribution in [2.75, 3.05) is 13.2 Å². The smallest absolute Gasteiger partial charge is 0.325 e. The number of benzene rings is 2. The zero-order chi connectivity index (χ0) is 22.2. The second kappa shape index (κ2) is 8.00. The van der Waals surface area contributed by atoms with Gasteiger partial charge in [0.15, 0.2) is 0 Å². The molecule has 164 valence electrons. The number of β-amino-alcohol motifs (C(OH)–C–C–N with tert-alkyl or cyclic N) is 1. The molecule has 1 heterocycles. The first-order valence-electron chi connectivity index (χ1n) is 10.8. The Morgan fingerprint density at radius 1 is 1.13 bits per heavy atom. The molecule has 6 nitrogen and oxygen atoms in total. The van der Waals surface area contributed by atoms with E-state index in [9.17, 15) is 14.7 Å². The van der Waals surface area contributed by atoms with E-state index in [1.54, 1.807) is 0 Å². The number of rotatable bonds is 5. The zero-order valence-corrected chi connectivity index (χ0v) is 18.4. The van der Waals surface area contributed by atoms with Crippen LogP contribution in [0.15, 0.2) is 48.5 Å². The summed E-state index contributed by atoms with van der Waals surface area (Å²) < 4.78 is 5.69. The summed E-state index contributed by atoms with van der Waals surface area (Å²) >= 11 is 0. The van der Waals surface area contributed by atoms with Crippen LogP contribution in [0.3, 0.4) is 0 Å². The second-order valence-electron chi connectivity index (χ2n) is 9.50. The van der Waals surface area contributed by atoms with Crippen LogP contribution in [0, 0.1) is 0 Å². The Morgan fingerprint density at radius 3 is 2.55 bits per heavy atom. The van der Waals surface area contributed by atoms with Crippen molar-refractivity contribution < 1.29 is 19.4 Å². The van der Waals surface area contributed by atoms with Crippen molar-refractivity contribution in [3.63, 3.8) is 0 Å². The zero-order valence-electron chi connectivity index (χ0n) is 18.4. The van der Waals surface area contributed by atoms with Gasteiger partial charge in [0.05, 0.1) is 6.54 Å². The minimum atomic E-state index is -1.02. The first-order valence-corrected chi connectivity index (χ1v) is 10.8. The van der Waals surface area contributed by atoms with Crippen molar-refractivity contribution in [2.45, 2.75) is 57.1 Å². The first-order chi connectivity index (χ1) is 14.7. The van der Waals surface area contributed by atoms with Crippen molar-refractivity contribution in [2.24, 2.45) is 0 Å². The maximum Gasteiger partial charge on any atom is 0.325 e. The van der Waals surface area contributed by atoms with Crippen LogP contribution in [0.5, 0.6) is 5.75 Å². The monoisotopic (exact) mass is 422 g/mol. The van der Waals surface area contributed by atoms with Gasteiger partial charge in [-0.2, -0.15) is 0 Å². The van der Waals surface area contributed by atoms with Crippen molar-refractivity contribution in [1.29, 1.82) is 0 Å². The minimum Gasteiger partial charge on any atom is -0.491 e. The van der Waals surface area contributed by atoms with Crippen LogP contribution in [0.2, 0.25) is 0 Å². The number of amides is 3. The van der Waals surface area contributed by atoms with Crippen LogP contribution < -0.4 is 10.1 Å². The largest absolute Gasteiger partial charge is 0.491 e. The van der Waals surface area contributed by atoms with Crippen LogP contribution in [0.1, 0.15) is 50.3 Å². The normalized spacial score (nSPS) is 21.7. The molecule has 1 aliphatic heterocycles. The average molecular weight is 423 g/mol. The maximum absolute atomic E-state index is 13.3. The van der Waals surface area contributed by atoms with E-state index in [0.29, 0.717) is 12.2 Å². The summed E-state index contributed by atoms with van der Waals surface area (Å²) in [4.78, 5) is 27.1. The predicted molar refractivity (Wildman–Crippen MR) is 118 cm³/mol. The molecule has 0 unspecified atom stereocenters. The molecule has 0 bridgehead atoms. The number of imide groups is 1. The van der Waals surface area contributed by atoms with Crippen LogP contribution in [-0.2, 0) is 22.2 Å². The fraction of sp³-hybridized carbons (Fsp3) is 0.440. The molecule has 2 aliphatic rings. The molecule has 0 saturated carbocycles. The van der Waals surface area contributed by atoms with Crippen LogP contribution in [-0.4, -0.2) is 41.2 Å². The molecule has 2 N–H and O–H groups in total. The molecule has 0 aromatic heterocycles. The quantitative estimate of drug-likeness (QED) is 0.723. The van der Waals surface area contributed by atoms with Gasteiger partial charge in [-0.3, -0.25) is 9.69 Å². The molecule has 1 spiro atoms. The van der Waals surface area contributed by atoms with Crippen molar-refractivity contribution >= 4 is 11.9 Å². The molecule has 2 atom stereocenters. The van der Waals surface area contributed by atoms with Gasteiger partial charge < -0.3 is 15.2 Å². The molecular weight excluding hydrogens is 392 g/mol.